The Morgan fingerprint density at radius 3 is 1.76 bits per heavy atom. The van der Waals surface area contributed by atoms with E-state index in [2.05, 4.69) is 26.4 Å². The third-order valence-corrected chi connectivity index (χ3v) is 7.31. The van der Waals surface area contributed by atoms with E-state index in [0.717, 1.165) is 55.5 Å². The second kappa shape index (κ2) is 14.1. The number of rotatable bonds is 11. The molecule has 0 N–H and O–H groups in total. The molecule has 5 aromatic rings. The maximum absolute atomic E-state index is 15.1. The van der Waals surface area contributed by atoms with Gasteiger partial charge in [-0.15, -0.1) is 13.2 Å². The molecule has 0 bridgehead atoms. The van der Waals surface area contributed by atoms with Crippen LogP contribution in [0.2, 0.25) is 0 Å². The molecule has 4 nitrogen and oxygen atoms in total. The van der Waals surface area contributed by atoms with Crippen molar-refractivity contribution in [3.63, 3.8) is 0 Å². The maximum atomic E-state index is 15.1. The second-order valence-electron chi connectivity index (χ2n) is 10.8. The van der Waals surface area contributed by atoms with Crippen LogP contribution >= 0.6 is 0 Å². The zero-order chi connectivity index (χ0) is 35.5. The molecule has 0 atom stereocenters. The molecule has 49 heavy (non-hydrogen) atoms. The van der Waals surface area contributed by atoms with Crippen LogP contribution in [0.25, 0.3) is 33.6 Å². The number of hydrogen-bond donors (Lipinski definition) is 0. The Labute approximate surface area is 273 Å². The molecule has 1 heterocycles. The van der Waals surface area contributed by atoms with E-state index in [1.54, 1.807) is 12.4 Å². The minimum Gasteiger partial charge on any atom is -0.429 e. The summed E-state index contributed by atoms with van der Waals surface area (Å²) in [6, 6.07) is 9.00. The number of aryl methyl sites for hydroxylation is 1. The molecular weight excluding hydrogens is 670 g/mol. The van der Waals surface area contributed by atoms with Crippen molar-refractivity contribution in [3.05, 3.63) is 119 Å². The number of aromatic nitrogens is 2. The number of alkyl halides is 5. The first-order chi connectivity index (χ1) is 23.1. The second-order valence-corrected chi connectivity index (χ2v) is 10.8. The number of halogens is 10. The van der Waals surface area contributed by atoms with Crippen LogP contribution in [-0.4, -0.2) is 16.3 Å². The lowest BCUT2D eigenvalue weighted by molar-refractivity contribution is -0.276. The van der Waals surface area contributed by atoms with E-state index in [1.165, 1.54) is 12.1 Å². The van der Waals surface area contributed by atoms with Gasteiger partial charge in [0.1, 0.15) is 23.2 Å². The standard InChI is InChI=1S/C35H24F10N2O2/c1-2-3-4-5-19-17-46-33(47-18-19)21-6-9-24(27(36)13-21)20-7-11-26(29(38)12-20)34(41,42)48-23-8-10-25(28(37)16-23)22-14-30(39)32(31(40)15-22)49-35(43,44)45/h6-18H,2-5H2,1H3. The van der Waals surface area contributed by atoms with Crippen molar-refractivity contribution < 1.29 is 53.4 Å². The van der Waals surface area contributed by atoms with Crippen LogP contribution in [0.4, 0.5) is 43.9 Å². The number of benzene rings is 4. The highest BCUT2D eigenvalue weighted by molar-refractivity contribution is 5.69. The highest BCUT2D eigenvalue weighted by atomic mass is 19.4. The van der Waals surface area contributed by atoms with Crippen LogP contribution in [-0.2, 0) is 12.5 Å². The van der Waals surface area contributed by atoms with Gasteiger partial charge < -0.3 is 9.47 Å². The largest absolute Gasteiger partial charge is 0.573 e. The van der Waals surface area contributed by atoms with Crippen LogP contribution in [0, 0.1) is 29.1 Å². The summed E-state index contributed by atoms with van der Waals surface area (Å²) in [4.78, 5) is 8.55. The highest BCUT2D eigenvalue weighted by Gasteiger charge is 2.38. The average molecular weight is 695 g/mol. The third kappa shape index (κ3) is 8.30. The molecule has 0 aliphatic rings. The van der Waals surface area contributed by atoms with Gasteiger partial charge >= 0.3 is 12.5 Å². The van der Waals surface area contributed by atoms with E-state index in [9.17, 15) is 26.3 Å². The van der Waals surface area contributed by atoms with E-state index < -0.39 is 69.7 Å². The number of ether oxygens (including phenoxy) is 2. The minimum absolute atomic E-state index is 0.0743. The fourth-order valence-corrected chi connectivity index (χ4v) is 4.94. The molecule has 0 fully saturated rings. The van der Waals surface area contributed by atoms with Crippen LogP contribution in [0.5, 0.6) is 11.5 Å². The Balaban J connectivity index is 1.31. The molecule has 0 amide bonds. The van der Waals surface area contributed by atoms with Gasteiger partial charge in [0.05, 0.1) is 5.56 Å². The van der Waals surface area contributed by atoms with E-state index in [-0.39, 0.29) is 17.0 Å². The Hall–Kier alpha value is -5.14. The highest BCUT2D eigenvalue weighted by Crippen LogP contribution is 2.38. The molecule has 0 saturated carbocycles. The molecule has 1 aromatic heterocycles. The van der Waals surface area contributed by atoms with Crippen LogP contribution < -0.4 is 9.47 Å². The predicted molar refractivity (Wildman–Crippen MR) is 159 cm³/mol. The Kier molecular flexibility index (Phi) is 10.2. The van der Waals surface area contributed by atoms with E-state index in [0.29, 0.717) is 35.9 Å². The molecular formula is C35H24F10N2O2. The van der Waals surface area contributed by atoms with Gasteiger partial charge in [-0.05, 0) is 72.0 Å². The summed E-state index contributed by atoms with van der Waals surface area (Å²) in [6.45, 7) is 2.09. The number of unbranched alkanes of at least 4 members (excludes halogenated alkanes) is 2. The normalized spacial score (nSPS) is 11.9. The summed E-state index contributed by atoms with van der Waals surface area (Å²) in [6.07, 6.45) is -2.54. The van der Waals surface area contributed by atoms with Crippen molar-refractivity contribution in [2.75, 3.05) is 0 Å². The van der Waals surface area contributed by atoms with Crippen molar-refractivity contribution in [2.45, 2.75) is 45.1 Å². The molecule has 5 rings (SSSR count). The Bertz CT molecular complexity index is 1940. The van der Waals surface area contributed by atoms with Crippen molar-refractivity contribution in [2.24, 2.45) is 0 Å². The summed E-state index contributed by atoms with van der Waals surface area (Å²) >= 11 is 0. The van der Waals surface area contributed by atoms with Gasteiger partial charge in [-0.25, -0.2) is 31.9 Å². The number of nitrogens with zero attached hydrogens (tertiary/aromatic N) is 2. The summed E-state index contributed by atoms with van der Waals surface area (Å²) in [5.74, 6) is -9.55. The smallest absolute Gasteiger partial charge is 0.429 e. The molecule has 0 spiro atoms. The van der Waals surface area contributed by atoms with Crippen molar-refractivity contribution >= 4 is 0 Å². The minimum atomic E-state index is -5.41. The molecule has 0 aliphatic carbocycles. The Morgan fingerprint density at radius 1 is 0.592 bits per heavy atom. The lowest BCUT2D eigenvalue weighted by Crippen LogP contribution is -2.23. The third-order valence-electron chi connectivity index (χ3n) is 7.31. The quantitative estimate of drug-likeness (QED) is 0.102. The fraction of sp³-hybridized carbons (Fsp3) is 0.200. The summed E-state index contributed by atoms with van der Waals surface area (Å²) in [5.41, 5.74) is -1.32. The van der Waals surface area contributed by atoms with E-state index in [4.69, 9.17) is 0 Å². The Morgan fingerprint density at radius 2 is 1.16 bits per heavy atom. The maximum Gasteiger partial charge on any atom is 0.573 e. The monoisotopic (exact) mass is 694 g/mol. The SMILES string of the molecule is CCCCCc1cnc(-c2ccc(-c3ccc(C(F)(F)Oc4ccc(-c5cc(F)c(OC(F)(F)F)c(F)c5)c(F)c4)c(F)c3)c(F)c2)nc1. The van der Waals surface area contributed by atoms with Crippen LogP contribution in [0.3, 0.4) is 0 Å². The molecule has 256 valence electrons. The van der Waals surface area contributed by atoms with Crippen molar-refractivity contribution in [1.82, 2.24) is 9.97 Å². The lowest BCUT2D eigenvalue weighted by atomic mass is 10.0. The van der Waals surface area contributed by atoms with Gasteiger partial charge in [0.2, 0.25) is 5.75 Å². The average Bonchev–Trinajstić information content (AvgIpc) is 3.02. The molecule has 0 aliphatic heterocycles. The number of hydrogen-bond acceptors (Lipinski definition) is 4. The molecule has 0 radical (unpaired) electrons. The predicted octanol–water partition coefficient (Wildman–Crippen LogP) is 10.9. The summed E-state index contributed by atoms with van der Waals surface area (Å²) in [5, 5.41) is 0. The van der Waals surface area contributed by atoms with Gasteiger partial charge in [-0.3, -0.25) is 0 Å². The first-order valence-corrected chi connectivity index (χ1v) is 14.7. The van der Waals surface area contributed by atoms with Crippen LogP contribution in [0.1, 0.15) is 37.3 Å². The van der Waals surface area contributed by atoms with Gasteiger partial charge in [0.15, 0.2) is 17.5 Å². The van der Waals surface area contributed by atoms with Crippen LogP contribution in [0.15, 0.2) is 79.1 Å². The molecule has 4 aromatic carbocycles. The molecule has 0 unspecified atom stereocenters. The molecule has 0 saturated heterocycles. The topological polar surface area (TPSA) is 44.2 Å². The lowest BCUT2D eigenvalue weighted by Gasteiger charge is -2.20. The zero-order valence-electron chi connectivity index (χ0n) is 25.3. The first kappa shape index (κ1) is 35.2. The summed E-state index contributed by atoms with van der Waals surface area (Å²) < 4.78 is 148. The van der Waals surface area contributed by atoms with Gasteiger partial charge in [-0.1, -0.05) is 38.0 Å². The molecule has 14 heteroatoms. The van der Waals surface area contributed by atoms with E-state index in [1.807, 2.05) is 0 Å². The van der Waals surface area contributed by atoms with Crippen molar-refractivity contribution in [1.29, 1.82) is 0 Å². The van der Waals surface area contributed by atoms with E-state index >= 15 is 17.6 Å². The van der Waals surface area contributed by atoms with Gasteiger partial charge in [0, 0.05) is 35.2 Å². The summed E-state index contributed by atoms with van der Waals surface area (Å²) in [7, 11) is 0. The van der Waals surface area contributed by atoms with Crippen molar-refractivity contribution in [3.8, 4) is 45.1 Å². The van der Waals surface area contributed by atoms with Gasteiger partial charge in [-0.2, -0.15) is 8.78 Å². The zero-order valence-corrected chi connectivity index (χ0v) is 25.3. The van der Waals surface area contributed by atoms with Gasteiger partial charge in [0.25, 0.3) is 0 Å². The fourth-order valence-electron chi connectivity index (χ4n) is 4.94. The first-order valence-electron chi connectivity index (χ1n) is 14.7.